The summed E-state index contributed by atoms with van der Waals surface area (Å²) >= 11 is 0. The van der Waals surface area contributed by atoms with Gasteiger partial charge in [-0.25, -0.2) is 4.79 Å². The van der Waals surface area contributed by atoms with Gasteiger partial charge >= 0.3 is 5.97 Å². The van der Waals surface area contributed by atoms with E-state index in [-0.39, 0.29) is 24.1 Å². The quantitative estimate of drug-likeness (QED) is 0.809. The van der Waals surface area contributed by atoms with Crippen molar-refractivity contribution < 1.29 is 23.8 Å². The van der Waals surface area contributed by atoms with Crippen LogP contribution in [-0.4, -0.2) is 38.7 Å². The average Bonchev–Trinajstić information content (AvgIpc) is 2.61. The molecule has 1 amide bonds. The first-order valence-electron chi connectivity index (χ1n) is 8.22. The first kappa shape index (κ1) is 18.1. The van der Waals surface area contributed by atoms with Crippen molar-refractivity contribution in [2.45, 2.75) is 38.6 Å². The van der Waals surface area contributed by atoms with Crippen molar-refractivity contribution in [2.75, 3.05) is 20.8 Å². The fraction of sp³-hybridized carbons (Fsp3) is 0.556. The normalized spacial score (nSPS) is 20.1. The molecule has 1 aliphatic rings. The average molecular weight is 335 g/mol. The van der Waals surface area contributed by atoms with Gasteiger partial charge < -0.3 is 19.5 Å². The van der Waals surface area contributed by atoms with Crippen LogP contribution in [0.4, 0.5) is 0 Å². The van der Waals surface area contributed by atoms with Crippen LogP contribution in [-0.2, 0) is 9.53 Å². The molecule has 1 saturated carbocycles. The summed E-state index contributed by atoms with van der Waals surface area (Å²) in [6.07, 6.45) is 4.19. The molecule has 6 nitrogen and oxygen atoms in total. The Bertz CT molecular complexity index is 579. The number of esters is 1. The minimum absolute atomic E-state index is 0.179. The Balaban J connectivity index is 1.87. The largest absolute Gasteiger partial charge is 0.497 e. The van der Waals surface area contributed by atoms with Crippen LogP contribution in [0.2, 0.25) is 0 Å². The zero-order valence-corrected chi connectivity index (χ0v) is 14.5. The molecule has 0 atom stereocenters. The van der Waals surface area contributed by atoms with E-state index in [0.29, 0.717) is 11.5 Å². The Labute approximate surface area is 142 Å². The van der Waals surface area contributed by atoms with Crippen LogP contribution in [0.5, 0.6) is 11.5 Å². The Morgan fingerprint density at radius 3 is 2.46 bits per heavy atom. The van der Waals surface area contributed by atoms with Crippen molar-refractivity contribution in [2.24, 2.45) is 5.92 Å². The van der Waals surface area contributed by atoms with E-state index in [1.165, 1.54) is 20.3 Å². The number of benzene rings is 1. The molecule has 1 fully saturated rings. The molecule has 24 heavy (non-hydrogen) atoms. The van der Waals surface area contributed by atoms with Crippen molar-refractivity contribution in [3.8, 4) is 11.5 Å². The van der Waals surface area contributed by atoms with Gasteiger partial charge in [-0.1, -0.05) is 6.92 Å². The maximum Gasteiger partial charge on any atom is 0.342 e. The van der Waals surface area contributed by atoms with E-state index in [0.717, 1.165) is 31.6 Å². The van der Waals surface area contributed by atoms with E-state index in [2.05, 4.69) is 12.2 Å². The van der Waals surface area contributed by atoms with Crippen LogP contribution in [0.25, 0.3) is 0 Å². The second-order valence-corrected chi connectivity index (χ2v) is 6.17. The molecule has 0 spiro atoms. The Morgan fingerprint density at radius 2 is 1.83 bits per heavy atom. The summed E-state index contributed by atoms with van der Waals surface area (Å²) in [5.74, 6) is 0.727. The highest BCUT2D eigenvalue weighted by Crippen LogP contribution is 2.25. The van der Waals surface area contributed by atoms with Gasteiger partial charge in [0.1, 0.15) is 17.1 Å². The smallest absolute Gasteiger partial charge is 0.342 e. The van der Waals surface area contributed by atoms with Gasteiger partial charge in [0.15, 0.2) is 6.61 Å². The van der Waals surface area contributed by atoms with Gasteiger partial charge in [0, 0.05) is 6.04 Å². The number of methoxy groups -OCH3 is 2. The lowest BCUT2D eigenvalue weighted by Gasteiger charge is -2.26. The molecule has 1 aliphatic carbocycles. The molecule has 0 aromatic heterocycles. The number of amides is 1. The van der Waals surface area contributed by atoms with Gasteiger partial charge in [-0.3, -0.25) is 4.79 Å². The highest BCUT2D eigenvalue weighted by molar-refractivity contribution is 5.94. The molecule has 1 aromatic rings. The van der Waals surface area contributed by atoms with Crippen LogP contribution < -0.4 is 14.8 Å². The van der Waals surface area contributed by atoms with Crippen LogP contribution in [0.1, 0.15) is 43.0 Å². The lowest BCUT2D eigenvalue weighted by molar-refractivity contribution is -0.125. The molecule has 2 rings (SSSR count). The van der Waals surface area contributed by atoms with Crippen molar-refractivity contribution in [1.82, 2.24) is 5.32 Å². The number of carbonyl (C=O) groups excluding carboxylic acids is 2. The highest BCUT2D eigenvalue weighted by Gasteiger charge is 2.21. The van der Waals surface area contributed by atoms with Gasteiger partial charge in [0.05, 0.1) is 14.2 Å². The number of hydrogen-bond acceptors (Lipinski definition) is 5. The Hall–Kier alpha value is -2.24. The highest BCUT2D eigenvalue weighted by atomic mass is 16.5. The molecule has 1 N–H and O–H groups in total. The van der Waals surface area contributed by atoms with E-state index in [9.17, 15) is 9.59 Å². The Kier molecular flexibility index (Phi) is 6.46. The summed E-state index contributed by atoms with van der Waals surface area (Å²) in [4.78, 5) is 24.2. The van der Waals surface area contributed by atoms with Crippen molar-refractivity contribution in [3.63, 3.8) is 0 Å². The molecule has 0 aliphatic heterocycles. The number of rotatable bonds is 6. The van der Waals surface area contributed by atoms with E-state index >= 15 is 0 Å². The summed E-state index contributed by atoms with van der Waals surface area (Å²) in [7, 11) is 2.98. The van der Waals surface area contributed by atoms with E-state index in [1.807, 2.05) is 0 Å². The summed E-state index contributed by atoms with van der Waals surface area (Å²) in [5.41, 5.74) is 0.233. The fourth-order valence-electron chi connectivity index (χ4n) is 2.86. The van der Waals surface area contributed by atoms with Gasteiger partial charge in [0.2, 0.25) is 0 Å². The van der Waals surface area contributed by atoms with Crippen molar-refractivity contribution >= 4 is 11.9 Å². The predicted molar refractivity (Wildman–Crippen MR) is 89.4 cm³/mol. The minimum Gasteiger partial charge on any atom is -0.497 e. The third-order valence-corrected chi connectivity index (χ3v) is 4.34. The molecular weight excluding hydrogens is 310 g/mol. The van der Waals surface area contributed by atoms with Gasteiger partial charge in [-0.05, 0) is 49.8 Å². The third-order valence-electron chi connectivity index (χ3n) is 4.34. The summed E-state index contributed by atoms with van der Waals surface area (Å²) in [5, 5.41) is 2.93. The van der Waals surface area contributed by atoms with Crippen LogP contribution in [0.3, 0.4) is 0 Å². The number of nitrogens with one attached hydrogen (secondary N) is 1. The lowest BCUT2D eigenvalue weighted by Crippen LogP contribution is -2.39. The molecule has 6 heteroatoms. The number of hydrogen-bond donors (Lipinski definition) is 1. The molecule has 0 radical (unpaired) electrons. The van der Waals surface area contributed by atoms with Gasteiger partial charge in [-0.15, -0.1) is 0 Å². The molecule has 132 valence electrons. The maximum absolute atomic E-state index is 12.2. The second kappa shape index (κ2) is 8.57. The fourth-order valence-corrected chi connectivity index (χ4v) is 2.86. The molecule has 1 aromatic carbocycles. The number of carbonyl (C=O) groups is 2. The zero-order chi connectivity index (χ0) is 17.5. The molecule has 0 saturated heterocycles. The minimum atomic E-state index is -0.613. The second-order valence-electron chi connectivity index (χ2n) is 6.17. The lowest BCUT2D eigenvalue weighted by atomic mass is 9.87. The monoisotopic (exact) mass is 335 g/mol. The van der Waals surface area contributed by atoms with Gasteiger partial charge in [0.25, 0.3) is 5.91 Å². The molecule has 0 heterocycles. The SMILES string of the molecule is COc1ccc(OC)c(C(=O)OCC(=O)NC2CCC(C)CC2)c1. The molecular formula is C18H25NO5. The van der Waals surface area contributed by atoms with Crippen LogP contribution in [0.15, 0.2) is 18.2 Å². The zero-order valence-electron chi connectivity index (χ0n) is 14.5. The van der Waals surface area contributed by atoms with E-state index < -0.39 is 5.97 Å². The third kappa shape index (κ3) is 4.88. The van der Waals surface area contributed by atoms with Crippen molar-refractivity contribution in [3.05, 3.63) is 23.8 Å². The molecule has 0 unspecified atom stereocenters. The van der Waals surface area contributed by atoms with E-state index in [4.69, 9.17) is 14.2 Å². The summed E-state index contributed by atoms with van der Waals surface area (Å²) in [6.45, 7) is 1.92. The standard InChI is InChI=1S/C18H25NO5/c1-12-4-6-13(7-5-12)19-17(20)11-24-18(21)15-10-14(22-2)8-9-16(15)23-3/h8-10,12-13H,4-7,11H2,1-3H3,(H,19,20). The van der Waals surface area contributed by atoms with E-state index in [1.54, 1.807) is 12.1 Å². The topological polar surface area (TPSA) is 73.9 Å². The first-order valence-corrected chi connectivity index (χ1v) is 8.22. The maximum atomic E-state index is 12.2. The number of ether oxygens (including phenoxy) is 3. The summed E-state index contributed by atoms with van der Waals surface area (Å²) in [6, 6.07) is 5.02. The summed E-state index contributed by atoms with van der Waals surface area (Å²) < 4.78 is 15.4. The van der Waals surface area contributed by atoms with Gasteiger partial charge in [-0.2, -0.15) is 0 Å². The van der Waals surface area contributed by atoms with Crippen LogP contribution in [0, 0.1) is 5.92 Å². The predicted octanol–water partition coefficient (Wildman–Crippen LogP) is 2.56. The Morgan fingerprint density at radius 1 is 1.12 bits per heavy atom. The first-order chi connectivity index (χ1) is 11.5. The van der Waals surface area contributed by atoms with Crippen LogP contribution >= 0.6 is 0 Å². The van der Waals surface area contributed by atoms with Crippen molar-refractivity contribution in [1.29, 1.82) is 0 Å². The molecule has 0 bridgehead atoms.